The number of carboxylic acid groups (broad SMARTS) is 1. The van der Waals surface area contributed by atoms with Crippen molar-refractivity contribution in [3.63, 3.8) is 0 Å². The first-order valence-corrected chi connectivity index (χ1v) is 6.79. The molecule has 0 spiro atoms. The molecule has 0 aliphatic rings. The van der Waals surface area contributed by atoms with E-state index in [4.69, 9.17) is 16.7 Å². The minimum Gasteiger partial charge on any atom is -0.477 e. The molecule has 4 nitrogen and oxygen atoms in total. The Morgan fingerprint density at radius 3 is 2.89 bits per heavy atom. The third-order valence-corrected chi connectivity index (χ3v) is 4.00. The first-order valence-electron chi connectivity index (χ1n) is 5.60. The zero-order chi connectivity index (χ0) is 13.3. The molecule has 2 aromatic rings. The zero-order valence-corrected chi connectivity index (χ0v) is 11.3. The normalized spacial score (nSPS) is 11.0. The van der Waals surface area contributed by atoms with Crippen molar-refractivity contribution in [2.24, 2.45) is 0 Å². The monoisotopic (exact) mass is 285 g/mol. The van der Waals surface area contributed by atoms with E-state index in [0.29, 0.717) is 16.3 Å². The molecule has 0 amide bonds. The number of hydrogen-bond donors (Lipinski definition) is 1. The summed E-state index contributed by atoms with van der Waals surface area (Å²) in [5, 5.41) is 9.43. The first-order chi connectivity index (χ1) is 8.54. The molecule has 0 saturated carbocycles. The van der Waals surface area contributed by atoms with Gasteiger partial charge in [-0.2, -0.15) is 0 Å². The van der Waals surface area contributed by atoms with Crippen LogP contribution in [0.15, 0.2) is 17.1 Å². The van der Waals surface area contributed by atoms with E-state index in [1.54, 1.807) is 10.6 Å². The van der Waals surface area contributed by atoms with Crippen LogP contribution in [0.3, 0.4) is 0 Å². The van der Waals surface area contributed by atoms with Crippen LogP contribution in [0.2, 0.25) is 4.34 Å². The molecule has 18 heavy (non-hydrogen) atoms. The number of pyridine rings is 1. The first kappa shape index (κ1) is 13.1. The number of carbonyl (C=O) groups is 1. The average molecular weight is 286 g/mol. The van der Waals surface area contributed by atoms with Gasteiger partial charge in [0.15, 0.2) is 0 Å². The van der Waals surface area contributed by atoms with Gasteiger partial charge in [0.2, 0.25) is 5.43 Å². The smallest absolute Gasteiger partial charge is 0.341 e. The zero-order valence-electron chi connectivity index (χ0n) is 9.77. The van der Waals surface area contributed by atoms with E-state index in [1.807, 2.05) is 0 Å². The molecule has 0 bridgehead atoms. The molecule has 0 aliphatic carbocycles. The number of halogens is 1. The molecule has 1 N–H and O–H groups in total. The lowest BCUT2D eigenvalue weighted by molar-refractivity contribution is 0.0695. The number of aromatic carboxylic acids is 1. The molecule has 96 valence electrons. The van der Waals surface area contributed by atoms with Crippen LogP contribution >= 0.6 is 22.9 Å². The summed E-state index contributed by atoms with van der Waals surface area (Å²) in [7, 11) is 0. The lowest BCUT2D eigenvalue weighted by atomic mass is 10.2. The number of aryl methyl sites for hydroxylation is 1. The van der Waals surface area contributed by atoms with Gasteiger partial charge in [-0.1, -0.05) is 24.9 Å². The summed E-state index contributed by atoms with van der Waals surface area (Å²) in [5.41, 5.74) is -0.665. The van der Waals surface area contributed by atoms with Crippen LogP contribution in [0.5, 0.6) is 0 Å². The Morgan fingerprint density at radius 1 is 1.56 bits per heavy atom. The van der Waals surface area contributed by atoms with Gasteiger partial charge in [-0.3, -0.25) is 4.79 Å². The minimum atomic E-state index is -1.20. The second-order valence-electron chi connectivity index (χ2n) is 3.99. The number of hydrogen-bond acceptors (Lipinski definition) is 3. The molecule has 2 rings (SSSR count). The second-order valence-corrected chi connectivity index (χ2v) is 5.66. The van der Waals surface area contributed by atoms with E-state index in [1.165, 1.54) is 17.5 Å². The molecule has 2 aromatic heterocycles. The highest BCUT2D eigenvalue weighted by molar-refractivity contribution is 7.22. The Hall–Kier alpha value is -1.33. The molecule has 2 heterocycles. The highest BCUT2D eigenvalue weighted by atomic mass is 35.5. The Labute approximate surface area is 112 Å². The lowest BCUT2D eigenvalue weighted by Crippen LogP contribution is -2.17. The molecule has 0 radical (unpaired) electrons. The Morgan fingerprint density at radius 2 is 2.28 bits per heavy atom. The van der Waals surface area contributed by atoms with E-state index < -0.39 is 11.4 Å². The van der Waals surface area contributed by atoms with Crippen molar-refractivity contribution in [2.75, 3.05) is 0 Å². The summed E-state index contributed by atoms with van der Waals surface area (Å²) >= 11 is 7.21. The molecular weight excluding hydrogens is 274 g/mol. The fourth-order valence-corrected chi connectivity index (χ4v) is 3.01. The third kappa shape index (κ3) is 2.28. The maximum atomic E-state index is 12.0. The van der Waals surface area contributed by atoms with E-state index >= 15 is 0 Å². The van der Waals surface area contributed by atoms with Crippen LogP contribution in [0.4, 0.5) is 0 Å². The van der Waals surface area contributed by atoms with Crippen LogP contribution < -0.4 is 5.43 Å². The molecule has 0 aliphatic heterocycles. The van der Waals surface area contributed by atoms with Crippen LogP contribution in [0.25, 0.3) is 10.2 Å². The van der Waals surface area contributed by atoms with E-state index in [-0.39, 0.29) is 5.56 Å². The summed E-state index contributed by atoms with van der Waals surface area (Å²) in [6.45, 7) is 2.74. The van der Waals surface area contributed by atoms with Crippen molar-refractivity contribution in [2.45, 2.75) is 26.3 Å². The molecular formula is C12H12ClNO3S. The summed E-state index contributed by atoms with van der Waals surface area (Å²) < 4.78 is 2.30. The number of fused-ring (bicyclic) bond motifs is 1. The van der Waals surface area contributed by atoms with E-state index in [2.05, 4.69) is 6.92 Å². The van der Waals surface area contributed by atoms with Crippen molar-refractivity contribution < 1.29 is 9.90 Å². The molecule has 0 atom stereocenters. The van der Waals surface area contributed by atoms with Gasteiger partial charge in [0.25, 0.3) is 0 Å². The summed E-state index contributed by atoms with van der Waals surface area (Å²) in [5.74, 6) is -1.20. The van der Waals surface area contributed by atoms with Crippen LogP contribution in [0, 0.1) is 0 Å². The number of nitrogens with zero attached hydrogens (tertiary/aromatic N) is 1. The molecule has 0 unspecified atom stereocenters. The van der Waals surface area contributed by atoms with Gasteiger partial charge >= 0.3 is 5.97 Å². The van der Waals surface area contributed by atoms with Gasteiger partial charge in [-0.15, -0.1) is 11.3 Å². The Bertz CT molecular complexity index is 659. The molecule has 0 saturated heterocycles. The van der Waals surface area contributed by atoms with Crippen molar-refractivity contribution in [3.8, 4) is 0 Å². The van der Waals surface area contributed by atoms with Crippen molar-refractivity contribution in [1.82, 2.24) is 4.57 Å². The summed E-state index contributed by atoms with van der Waals surface area (Å²) in [6, 6.07) is 1.54. The Kier molecular flexibility index (Phi) is 3.73. The van der Waals surface area contributed by atoms with E-state index in [0.717, 1.165) is 17.7 Å². The predicted molar refractivity (Wildman–Crippen MR) is 73.0 cm³/mol. The third-order valence-electron chi connectivity index (χ3n) is 2.70. The van der Waals surface area contributed by atoms with Gasteiger partial charge in [-0.05, 0) is 12.5 Å². The van der Waals surface area contributed by atoms with Crippen molar-refractivity contribution >= 4 is 39.1 Å². The summed E-state index contributed by atoms with van der Waals surface area (Å²) in [6.07, 6.45) is 3.33. The van der Waals surface area contributed by atoms with Crippen molar-refractivity contribution in [3.05, 3.63) is 32.4 Å². The maximum Gasteiger partial charge on any atom is 0.341 e. The van der Waals surface area contributed by atoms with Crippen LogP contribution in [-0.4, -0.2) is 15.6 Å². The van der Waals surface area contributed by atoms with Gasteiger partial charge in [-0.25, -0.2) is 4.79 Å². The number of unbranched alkanes of at least 4 members (excludes halogenated alkanes) is 1. The average Bonchev–Trinajstić information content (AvgIpc) is 2.70. The topological polar surface area (TPSA) is 59.3 Å². The number of carboxylic acids is 1. The Balaban J connectivity index is 2.71. The maximum absolute atomic E-state index is 12.0. The fourth-order valence-electron chi connectivity index (χ4n) is 1.79. The number of thiophene rings is 1. The standard InChI is InChI=1S/C12H12ClNO3S/c1-2-3-4-14-6-8(12(16)17)10(15)7-5-9(13)18-11(7)14/h5-6H,2-4H2,1H3,(H,16,17). The van der Waals surface area contributed by atoms with Gasteiger partial charge in [0.1, 0.15) is 10.4 Å². The van der Waals surface area contributed by atoms with Gasteiger partial charge in [0, 0.05) is 12.7 Å². The lowest BCUT2D eigenvalue weighted by Gasteiger charge is -2.08. The van der Waals surface area contributed by atoms with Crippen molar-refractivity contribution in [1.29, 1.82) is 0 Å². The van der Waals surface area contributed by atoms with E-state index in [9.17, 15) is 9.59 Å². The predicted octanol–water partition coefficient (Wildman–Crippen LogP) is 3.21. The highest BCUT2D eigenvalue weighted by Crippen LogP contribution is 2.28. The number of aromatic nitrogens is 1. The van der Waals surface area contributed by atoms with Crippen LogP contribution in [-0.2, 0) is 6.54 Å². The largest absolute Gasteiger partial charge is 0.477 e. The highest BCUT2D eigenvalue weighted by Gasteiger charge is 2.16. The molecule has 0 fully saturated rings. The molecule has 6 heteroatoms. The van der Waals surface area contributed by atoms with Gasteiger partial charge in [0.05, 0.1) is 9.72 Å². The minimum absolute atomic E-state index is 0.201. The molecule has 0 aromatic carbocycles. The SMILES string of the molecule is CCCCn1cc(C(=O)O)c(=O)c2cc(Cl)sc21. The van der Waals surface area contributed by atoms with Gasteiger partial charge < -0.3 is 9.67 Å². The fraction of sp³-hybridized carbons (Fsp3) is 0.333. The quantitative estimate of drug-likeness (QED) is 0.938. The number of rotatable bonds is 4. The second kappa shape index (κ2) is 5.12. The summed E-state index contributed by atoms with van der Waals surface area (Å²) in [4.78, 5) is 23.8. The van der Waals surface area contributed by atoms with Crippen LogP contribution in [0.1, 0.15) is 30.1 Å².